The van der Waals surface area contributed by atoms with Gasteiger partial charge in [0.2, 0.25) is 11.8 Å². The second-order valence-corrected chi connectivity index (χ2v) is 7.68. The first-order chi connectivity index (χ1) is 8.85. The summed E-state index contributed by atoms with van der Waals surface area (Å²) in [6.07, 6.45) is 0. The first-order valence-electron chi connectivity index (χ1n) is 5.35. The van der Waals surface area contributed by atoms with E-state index >= 15 is 0 Å². The lowest BCUT2D eigenvalue weighted by molar-refractivity contribution is 0.299. The summed E-state index contributed by atoms with van der Waals surface area (Å²) in [5.41, 5.74) is -0.676. The molecule has 0 aliphatic carbocycles. The van der Waals surface area contributed by atoms with Gasteiger partial charge in [0.05, 0.1) is 0 Å². The van der Waals surface area contributed by atoms with Crippen molar-refractivity contribution in [1.82, 2.24) is 0 Å². The van der Waals surface area contributed by atoms with Gasteiger partial charge in [-0.2, -0.15) is 0 Å². The monoisotopic (exact) mass is 330 g/mol. The molecule has 0 saturated carbocycles. The maximum Gasteiger partial charge on any atom is 0.364 e. The first-order valence-corrected chi connectivity index (χ1v) is 8.71. The average molecular weight is 330 g/mol. The summed E-state index contributed by atoms with van der Waals surface area (Å²) in [5.74, 6) is -5.35. The van der Waals surface area contributed by atoms with Crippen molar-refractivity contribution in [3.63, 3.8) is 0 Å². The lowest BCUT2D eigenvalue weighted by Crippen LogP contribution is -2.03. The maximum atomic E-state index is 13.7. The molecule has 0 bridgehead atoms. The number of benzene rings is 1. The minimum absolute atomic E-state index is 0.153. The predicted octanol–water partition coefficient (Wildman–Crippen LogP) is 2.60. The van der Waals surface area contributed by atoms with Crippen LogP contribution in [-0.4, -0.2) is 19.6 Å². The Labute approximate surface area is 113 Å². The van der Waals surface area contributed by atoms with E-state index in [2.05, 4.69) is 0 Å². The number of aryl methyl sites for hydroxylation is 2. The Morgan fingerprint density at radius 1 is 0.850 bits per heavy atom. The standard InChI is InChI=1S/C10H14F2O6P2/c1-5-3-6(2)8(10(12)20(16,17)18)4-7(5)9(11)19(13,14)15/h3-4,9-10H,1-2H3,(H2,13,14,15)(H2,16,17,18). The van der Waals surface area contributed by atoms with Crippen molar-refractivity contribution in [2.45, 2.75) is 25.7 Å². The fourth-order valence-corrected chi connectivity index (χ4v) is 3.04. The summed E-state index contributed by atoms with van der Waals surface area (Å²) < 4.78 is 49.2. The van der Waals surface area contributed by atoms with Gasteiger partial charge in [-0.1, -0.05) is 6.07 Å². The number of hydrogen-bond acceptors (Lipinski definition) is 2. The lowest BCUT2D eigenvalue weighted by atomic mass is 10.0. The fourth-order valence-electron chi connectivity index (χ4n) is 1.76. The molecule has 6 nitrogen and oxygen atoms in total. The van der Waals surface area contributed by atoms with Crippen molar-refractivity contribution in [1.29, 1.82) is 0 Å². The van der Waals surface area contributed by atoms with Gasteiger partial charge in [-0.05, 0) is 31.0 Å². The van der Waals surface area contributed by atoms with Crippen molar-refractivity contribution < 1.29 is 37.5 Å². The highest BCUT2D eigenvalue weighted by molar-refractivity contribution is 7.52. The van der Waals surface area contributed by atoms with Gasteiger partial charge in [0.25, 0.3) is 0 Å². The summed E-state index contributed by atoms with van der Waals surface area (Å²) >= 11 is 0. The van der Waals surface area contributed by atoms with Crippen LogP contribution in [-0.2, 0) is 9.13 Å². The molecule has 0 fully saturated rings. The van der Waals surface area contributed by atoms with Gasteiger partial charge in [-0.25, -0.2) is 8.78 Å². The van der Waals surface area contributed by atoms with Crippen LogP contribution in [0.4, 0.5) is 8.78 Å². The summed E-state index contributed by atoms with van der Waals surface area (Å²) in [7, 11) is -10.2. The summed E-state index contributed by atoms with van der Waals surface area (Å²) in [4.78, 5) is 35.2. The number of halogens is 2. The third-order valence-corrected chi connectivity index (χ3v) is 4.50. The van der Waals surface area contributed by atoms with Crippen molar-refractivity contribution in [2.24, 2.45) is 0 Å². The van der Waals surface area contributed by atoms with E-state index in [1.807, 2.05) is 0 Å². The third-order valence-electron chi connectivity index (χ3n) is 2.76. The van der Waals surface area contributed by atoms with Crippen molar-refractivity contribution in [2.75, 3.05) is 0 Å². The molecule has 20 heavy (non-hydrogen) atoms. The predicted molar refractivity (Wildman–Crippen MR) is 67.7 cm³/mol. The van der Waals surface area contributed by atoms with Crippen LogP contribution >= 0.6 is 15.2 Å². The zero-order valence-corrected chi connectivity index (χ0v) is 12.4. The molecule has 0 aliphatic rings. The molecule has 0 amide bonds. The zero-order valence-electron chi connectivity index (χ0n) is 10.6. The fraction of sp³-hybridized carbons (Fsp3) is 0.400. The van der Waals surface area contributed by atoms with Gasteiger partial charge in [0.1, 0.15) is 0 Å². The van der Waals surface area contributed by atoms with Gasteiger partial charge in [-0.15, -0.1) is 0 Å². The maximum absolute atomic E-state index is 13.7. The molecule has 0 spiro atoms. The zero-order chi connectivity index (χ0) is 15.9. The lowest BCUT2D eigenvalue weighted by Gasteiger charge is -2.18. The van der Waals surface area contributed by atoms with Gasteiger partial charge in [-0.3, -0.25) is 9.13 Å². The topological polar surface area (TPSA) is 115 Å². The van der Waals surface area contributed by atoms with Crippen molar-refractivity contribution in [3.05, 3.63) is 34.4 Å². The second-order valence-electron chi connectivity index (χ2n) is 4.42. The molecule has 1 aromatic rings. The smallest absolute Gasteiger partial charge is 0.322 e. The summed E-state index contributed by atoms with van der Waals surface area (Å²) in [6, 6.07) is 1.97. The number of alkyl halides is 2. The van der Waals surface area contributed by atoms with Crippen LogP contribution in [0.2, 0.25) is 0 Å². The van der Waals surface area contributed by atoms with Crippen LogP contribution in [0.1, 0.15) is 34.1 Å². The van der Waals surface area contributed by atoms with Gasteiger partial charge < -0.3 is 19.6 Å². The molecule has 0 radical (unpaired) electrons. The molecule has 10 heteroatoms. The molecule has 2 unspecified atom stereocenters. The molecule has 0 aromatic heterocycles. The number of rotatable bonds is 4. The summed E-state index contributed by atoms with van der Waals surface area (Å²) in [5, 5.41) is 0. The molecular formula is C10H14F2O6P2. The van der Waals surface area contributed by atoms with Crippen LogP contribution in [0.5, 0.6) is 0 Å². The highest BCUT2D eigenvalue weighted by Gasteiger charge is 2.35. The highest BCUT2D eigenvalue weighted by Crippen LogP contribution is 2.56. The van der Waals surface area contributed by atoms with E-state index in [9.17, 15) is 17.9 Å². The van der Waals surface area contributed by atoms with Crippen LogP contribution in [0.25, 0.3) is 0 Å². The van der Waals surface area contributed by atoms with E-state index in [0.29, 0.717) is 0 Å². The molecule has 0 heterocycles. The van der Waals surface area contributed by atoms with E-state index < -0.39 is 38.1 Å². The molecule has 0 saturated heterocycles. The first kappa shape index (κ1) is 17.4. The second kappa shape index (κ2) is 5.64. The average Bonchev–Trinajstić information content (AvgIpc) is 2.25. The van der Waals surface area contributed by atoms with E-state index in [1.54, 1.807) is 0 Å². The normalized spacial score (nSPS) is 16.0. The quantitative estimate of drug-likeness (QED) is 0.631. The Balaban J connectivity index is 3.45. The van der Waals surface area contributed by atoms with Crippen LogP contribution in [0.3, 0.4) is 0 Å². The molecule has 1 rings (SSSR count). The van der Waals surface area contributed by atoms with Crippen molar-refractivity contribution in [3.8, 4) is 0 Å². The Morgan fingerprint density at radius 3 is 1.40 bits per heavy atom. The Bertz CT molecular complexity index is 559. The van der Waals surface area contributed by atoms with Gasteiger partial charge in [0, 0.05) is 11.1 Å². The minimum Gasteiger partial charge on any atom is -0.322 e. The largest absolute Gasteiger partial charge is 0.364 e. The molecule has 0 aliphatic heterocycles. The molecular weight excluding hydrogens is 316 g/mol. The Kier molecular flexibility index (Phi) is 4.91. The molecule has 4 N–H and O–H groups in total. The van der Waals surface area contributed by atoms with Crippen LogP contribution in [0.15, 0.2) is 12.1 Å². The highest BCUT2D eigenvalue weighted by atomic mass is 31.2. The van der Waals surface area contributed by atoms with Gasteiger partial charge in [0.15, 0.2) is 0 Å². The van der Waals surface area contributed by atoms with Crippen LogP contribution < -0.4 is 0 Å². The van der Waals surface area contributed by atoms with E-state index in [4.69, 9.17) is 19.6 Å². The Morgan fingerprint density at radius 2 is 1.15 bits per heavy atom. The molecule has 114 valence electrons. The third kappa shape index (κ3) is 3.73. The summed E-state index contributed by atoms with van der Waals surface area (Å²) in [6.45, 7) is 2.72. The van der Waals surface area contributed by atoms with E-state index in [0.717, 1.165) is 6.07 Å². The number of hydrogen-bond donors (Lipinski definition) is 4. The van der Waals surface area contributed by atoms with Gasteiger partial charge >= 0.3 is 15.2 Å². The SMILES string of the molecule is Cc1cc(C)c(C(F)P(=O)(O)O)cc1C(F)P(=O)(O)O. The Hall–Kier alpha value is -0.620. The van der Waals surface area contributed by atoms with Crippen LogP contribution in [0, 0.1) is 13.8 Å². The molecule has 2 atom stereocenters. The molecule has 1 aromatic carbocycles. The van der Waals surface area contributed by atoms with Crippen molar-refractivity contribution >= 4 is 15.2 Å². The minimum atomic E-state index is -5.09. The van der Waals surface area contributed by atoms with E-state index in [-0.39, 0.29) is 11.1 Å². The van der Waals surface area contributed by atoms with E-state index in [1.165, 1.54) is 19.9 Å².